The van der Waals surface area contributed by atoms with Crippen molar-refractivity contribution in [3.63, 3.8) is 0 Å². The molecule has 6 nitrogen and oxygen atoms in total. The molecule has 0 fully saturated rings. The summed E-state index contributed by atoms with van der Waals surface area (Å²) in [5.74, 6) is 0.942. The number of nitrogens with zero attached hydrogens (tertiary/aromatic N) is 2. The molecule has 2 N–H and O–H groups in total. The number of ether oxygens (including phenoxy) is 2. The van der Waals surface area contributed by atoms with Gasteiger partial charge >= 0.3 is 0 Å². The Morgan fingerprint density at radius 3 is 3.00 bits per heavy atom. The Labute approximate surface area is 102 Å². The van der Waals surface area contributed by atoms with E-state index < -0.39 is 6.10 Å². The van der Waals surface area contributed by atoms with Crippen LogP contribution in [-0.2, 0) is 23.1 Å². The van der Waals surface area contributed by atoms with E-state index in [-0.39, 0.29) is 0 Å². The lowest BCUT2D eigenvalue weighted by molar-refractivity contribution is 0.0136. The van der Waals surface area contributed by atoms with Crippen molar-refractivity contribution in [2.75, 3.05) is 33.5 Å². The van der Waals surface area contributed by atoms with Gasteiger partial charge in [-0.05, 0) is 0 Å². The summed E-state index contributed by atoms with van der Waals surface area (Å²) in [6.45, 7) is 2.50. The van der Waals surface area contributed by atoms with Crippen molar-refractivity contribution in [2.24, 2.45) is 7.05 Å². The zero-order chi connectivity index (χ0) is 12.5. The van der Waals surface area contributed by atoms with E-state index in [0.717, 1.165) is 5.82 Å². The third kappa shape index (κ3) is 5.78. The van der Waals surface area contributed by atoms with Crippen LogP contribution in [0.15, 0.2) is 12.4 Å². The summed E-state index contributed by atoms with van der Waals surface area (Å²) >= 11 is 0. The Balaban J connectivity index is 2.04. The molecule has 0 aliphatic heterocycles. The van der Waals surface area contributed by atoms with Crippen molar-refractivity contribution in [2.45, 2.75) is 12.6 Å². The van der Waals surface area contributed by atoms with Gasteiger partial charge in [-0.3, -0.25) is 0 Å². The van der Waals surface area contributed by atoms with Crippen molar-refractivity contribution in [3.05, 3.63) is 18.2 Å². The lowest BCUT2D eigenvalue weighted by Crippen LogP contribution is -2.31. The molecule has 1 aromatic rings. The molecule has 98 valence electrons. The molecule has 17 heavy (non-hydrogen) atoms. The van der Waals surface area contributed by atoms with Gasteiger partial charge in [0.05, 0.1) is 32.5 Å². The summed E-state index contributed by atoms with van der Waals surface area (Å²) in [4.78, 5) is 4.17. The molecule has 0 saturated carbocycles. The molecular weight excluding hydrogens is 222 g/mol. The van der Waals surface area contributed by atoms with Crippen LogP contribution in [0, 0.1) is 0 Å². The van der Waals surface area contributed by atoms with Crippen LogP contribution in [-0.4, -0.2) is 54.2 Å². The number of aliphatic hydroxyl groups is 1. The predicted octanol–water partition coefficient (Wildman–Crippen LogP) is -0.466. The van der Waals surface area contributed by atoms with E-state index in [0.29, 0.717) is 32.9 Å². The van der Waals surface area contributed by atoms with Crippen LogP contribution in [0.1, 0.15) is 5.82 Å². The summed E-state index contributed by atoms with van der Waals surface area (Å²) in [6, 6.07) is 0. The second kappa shape index (κ2) is 8.19. The fraction of sp³-hybridized carbons (Fsp3) is 0.727. The van der Waals surface area contributed by atoms with Crippen LogP contribution >= 0.6 is 0 Å². The number of hydrogen-bond donors (Lipinski definition) is 2. The number of hydrogen-bond acceptors (Lipinski definition) is 5. The van der Waals surface area contributed by atoms with E-state index >= 15 is 0 Å². The largest absolute Gasteiger partial charge is 0.389 e. The molecule has 1 heterocycles. The molecule has 0 aromatic carbocycles. The Morgan fingerprint density at radius 1 is 1.53 bits per heavy atom. The average Bonchev–Trinajstić information content (AvgIpc) is 2.71. The molecular formula is C11H21N3O3. The zero-order valence-electron chi connectivity index (χ0n) is 10.4. The number of imidazole rings is 1. The van der Waals surface area contributed by atoms with Crippen LogP contribution in [0.3, 0.4) is 0 Å². The molecule has 0 amide bonds. The Morgan fingerprint density at radius 2 is 2.35 bits per heavy atom. The van der Waals surface area contributed by atoms with E-state index in [9.17, 15) is 5.11 Å². The van der Waals surface area contributed by atoms with Gasteiger partial charge in [0.2, 0.25) is 0 Å². The van der Waals surface area contributed by atoms with Crippen molar-refractivity contribution in [1.29, 1.82) is 0 Å². The topological polar surface area (TPSA) is 68.5 Å². The minimum Gasteiger partial charge on any atom is -0.389 e. The van der Waals surface area contributed by atoms with E-state index in [4.69, 9.17) is 9.47 Å². The highest BCUT2D eigenvalue weighted by atomic mass is 16.5. The van der Waals surface area contributed by atoms with Gasteiger partial charge in [0.15, 0.2) is 0 Å². The van der Waals surface area contributed by atoms with Crippen LogP contribution in [0.4, 0.5) is 0 Å². The zero-order valence-corrected chi connectivity index (χ0v) is 10.4. The molecule has 0 aliphatic rings. The number of aliphatic hydroxyl groups excluding tert-OH is 1. The predicted molar refractivity (Wildman–Crippen MR) is 63.6 cm³/mol. The molecule has 1 atom stereocenters. The number of methoxy groups -OCH3 is 1. The number of nitrogens with one attached hydrogen (secondary N) is 1. The minimum atomic E-state index is -0.507. The normalized spacial score (nSPS) is 12.9. The number of rotatable bonds is 9. The molecule has 1 rings (SSSR count). The van der Waals surface area contributed by atoms with Gasteiger partial charge in [0.25, 0.3) is 0 Å². The minimum absolute atomic E-state index is 0.316. The molecule has 6 heteroatoms. The van der Waals surface area contributed by atoms with Crippen molar-refractivity contribution in [3.8, 4) is 0 Å². The lowest BCUT2D eigenvalue weighted by atomic mass is 10.3. The van der Waals surface area contributed by atoms with Gasteiger partial charge in [0.1, 0.15) is 5.82 Å². The highest BCUT2D eigenvalue weighted by Crippen LogP contribution is 1.93. The summed E-state index contributed by atoms with van der Waals surface area (Å²) in [7, 11) is 3.56. The summed E-state index contributed by atoms with van der Waals surface area (Å²) in [5.41, 5.74) is 0. The van der Waals surface area contributed by atoms with Gasteiger partial charge in [-0.2, -0.15) is 0 Å². The van der Waals surface area contributed by atoms with Gasteiger partial charge in [-0.25, -0.2) is 4.98 Å². The van der Waals surface area contributed by atoms with E-state index in [1.54, 1.807) is 13.3 Å². The maximum Gasteiger partial charge on any atom is 0.122 e. The van der Waals surface area contributed by atoms with E-state index in [1.807, 2.05) is 17.8 Å². The molecule has 0 bridgehead atoms. The first-order valence-corrected chi connectivity index (χ1v) is 5.65. The van der Waals surface area contributed by atoms with Gasteiger partial charge < -0.3 is 24.5 Å². The average molecular weight is 243 g/mol. The highest BCUT2D eigenvalue weighted by Gasteiger charge is 2.04. The summed E-state index contributed by atoms with van der Waals surface area (Å²) in [6.07, 6.45) is 3.13. The van der Waals surface area contributed by atoms with Crippen molar-refractivity contribution >= 4 is 0 Å². The Kier molecular flexibility index (Phi) is 6.80. The monoisotopic (exact) mass is 243 g/mol. The maximum atomic E-state index is 9.59. The fourth-order valence-corrected chi connectivity index (χ4v) is 1.34. The maximum absolute atomic E-state index is 9.59. The third-order valence-corrected chi connectivity index (χ3v) is 2.33. The van der Waals surface area contributed by atoms with Gasteiger partial charge in [-0.15, -0.1) is 0 Å². The molecule has 0 spiro atoms. The first-order chi connectivity index (χ1) is 8.24. The Bertz CT molecular complexity index is 304. The molecule has 1 aromatic heterocycles. The molecule has 0 saturated heterocycles. The molecule has 0 radical (unpaired) electrons. The quantitative estimate of drug-likeness (QED) is 0.574. The summed E-state index contributed by atoms with van der Waals surface area (Å²) < 4.78 is 12.0. The SMILES string of the molecule is COCCOCC(O)CNCc1nccn1C. The van der Waals surface area contributed by atoms with E-state index in [2.05, 4.69) is 10.3 Å². The molecule has 1 unspecified atom stereocenters. The van der Waals surface area contributed by atoms with Crippen molar-refractivity contribution in [1.82, 2.24) is 14.9 Å². The Hall–Kier alpha value is -0.950. The van der Waals surface area contributed by atoms with Crippen LogP contribution in [0.25, 0.3) is 0 Å². The van der Waals surface area contributed by atoms with Crippen LogP contribution in [0.5, 0.6) is 0 Å². The first-order valence-electron chi connectivity index (χ1n) is 5.65. The van der Waals surface area contributed by atoms with Crippen molar-refractivity contribution < 1.29 is 14.6 Å². The van der Waals surface area contributed by atoms with Gasteiger partial charge in [0, 0.05) is 33.1 Å². The standard InChI is InChI=1S/C11H21N3O3/c1-14-4-3-13-11(14)8-12-7-10(15)9-17-6-5-16-2/h3-4,10,12,15H,5-9H2,1-2H3. The van der Waals surface area contributed by atoms with Crippen LogP contribution in [0.2, 0.25) is 0 Å². The second-order valence-electron chi connectivity index (χ2n) is 3.81. The summed E-state index contributed by atoms with van der Waals surface area (Å²) in [5, 5.41) is 12.7. The fourth-order valence-electron chi connectivity index (χ4n) is 1.34. The second-order valence-corrected chi connectivity index (χ2v) is 3.81. The smallest absolute Gasteiger partial charge is 0.122 e. The first kappa shape index (κ1) is 14.1. The third-order valence-electron chi connectivity index (χ3n) is 2.33. The number of aromatic nitrogens is 2. The number of aryl methyl sites for hydroxylation is 1. The van der Waals surface area contributed by atoms with Gasteiger partial charge in [-0.1, -0.05) is 0 Å². The van der Waals surface area contributed by atoms with E-state index in [1.165, 1.54) is 0 Å². The lowest BCUT2D eigenvalue weighted by Gasteiger charge is -2.12. The molecule has 0 aliphatic carbocycles. The van der Waals surface area contributed by atoms with Crippen LogP contribution < -0.4 is 5.32 Å². The highest BCUT2D eigenvalue weighted by molar-refractivity contribution is 4.90.